The predicted molar refractivity (Wildman–Crippen MR) is 140 cm³/mol. The number of aromatic amines is 1. The fraction of sp³-hybridized carbons (Fsp3) is 0.222. The fourth-order valence-corrected chi connectivity index (χ4v) is 5.45. The molecule has 0 atom stereocenters. The summed E-state index contributed by atoms with van der Waals surface area (Å²) in [5.74, 6) is -0.253. The van der Waals surface area contributed by atoms with E-state index in [1.807, 2.05) is 36.4 Å². The van der Waals surface area contributed by atoms with E-state index in [0.717, 1.165) is 5.56 Å². The molecule has 1 N–H and O–H groups in total. The second kappa shape index (κ2) is 11.3. The molecule has 2 aromatic heterocycles. The van der Waals surface area contributed by atoms with Crippen LogP contribution in [0.25, 0.3) is 5.82 Å². The first-order chi connectivity index (χ1) is 17.8. The minimum Gasteiger partial charge on any atom is -0.466 e. The van der Waals surface area contributed by atoms with E-state index in [2.05, 4.69) is 10.1 Å². The zero-order valence-electron chi connectivity index (χ0n) is 20.6. The van der Waals surface area contributed by atoms with Crippen LogP contribution in [-0.4, -0.2) is 42.3 Å². The van der Waals surface area contributed by atoms with E-state index in [1.165, 1.54) is 27.3 Å². The molecule has 0 spiro atoms. The van der Waals surface area contributed by atoms with Crippen molar-refractivity contribution in [3.8, 4) is 5.82 Å². The highest BCUT2D eigenvalue weighted by atomic mass is 32.2. The number of carbonyl (C=O) groups is 1. The van der Waals surface area contributed by atoms with E-state index in [-0.39, 0.29) is 35.8 Å². The quantitative estimate of drug-likeness (QED) is 0.320. The molecule has 0 saturated heterocycles. The molecule has 2 aromatic carbocycles. The Balaban J connectivity index is 1.69. The highest BCUT2D eigenvalue weighted by Crippen LogP contribution is 2.23. The van der Waals surface area contributed by atoms with Crippen LogP contribution in [0.4, 0.5) is 5.69 Å². The van der Waals surface area contributed by atoms with Crippen molar-refractivity contribution in [2.24, 2.45) is 0 Å². The van der Waals surface area contributed by atoms with E-state index >= 15 is 0 Å². The summed E-state index contributed by atoms with van der Waals surface area (Å²) in [5, 5.41) is 2.97. The number of nitrogens with zero attached hydrogens (tertiary/aromatic N) is 3. The van der Waals surface area contributed by atoms with Gasteiger partial charge in [0.15, 0.2) is 5.82 Å². The van der Waals surface area contributed by atoms with Crippen molar-refractivity contribution < 1.29 is 17.9 Å². The third-order valence-electron chi connectivity index (χ3n) is 5.79. The molecule has 0 amide bonds. The largest absolute Gasteiger partial charge is 0.466 e. The van der Waals surface area contributed by atoms with Crippen LogP contribution in [-0.2, 0) is 32.4 Å². The minimum atomic E-state index is -3.87. The summed E-state index contributed by atoms with van der Waals surface area (Å²) in [4.78, 5) is 29.8. The second-order valence-corrected chi connectivity index (χ2v) is 10.1. The Morgan fingerprint density at radius 2 is 1.68 bits per heavy atom. The standard InChI is InChI=1S/C27H28N4O5S/c1-3-30(21-13-9-6-10-14-21)37(34,35)22-15-16-25(28-19-22)31-27(33)23(17-20-11-7-5-8-12-20)24(29-31)18-26(32)36-4-2/h5-16,19,29H,3-4,17-18H2,1-2H3. The molecule has 0 bridgehead atoms. The number of H-pyrrole nitrogens is 1. The third-order valence-corrected chi connectivity index (χ3v) is 7.68. The van der Waals surface area contributed by atoms with Crippen LogP contribution >= 0.6 is 0 Å². The molecule has 4 aromatic rings. The number of para-hydroxylation sites is 1. The highest BCUT2D eigenvalue weighted by Gasteiger charge is 2.25. The van der Waals surface area contributed by atoms with Gasteiger partial charge >= 0.3 is 5.97 Å². The zero-order chi connectivity index (χ0) is 26.4. The number of aromatic nitrogens is 3. The number of ether oxygens (including phenoxy) is 1. The van der Waals surface area contributed by atoms with Gasteiger partial charge in [-0.3, -0.25) is 19.0 Å². The van der Waals surface area contributed by atoms with Gasteiger partial charge in [0, 0.05) is 24.7 Å². The van der Waals surface area contributed by atoms with Crippen molar-refractivity contribution in [3.05, 3.63) is 106 Å². The molecule has 0 fully saturated rings. The Bertz CT molecular complexity index is 1510. The van der Waals surface area contributed by atoms with Crippen molar-refractivity contribution in [2.45, 2.75) is 31.6 Å². The van der Waals surface area contributed by atoms with Crippen LogP contribution in [0.3, 0.4) is 0 Å². The van der Waals surface area contributed by atoms with Crippen molar-refractivity contribution >= 4 is 21.7 Å². The number of esters is 1. The van der Waals surface area contributed by atoms with Gasteiger partial charge in [-0.2, -0.15) is 0 Å². The maximum absolute atomic E-state index is 13.4. The van der Waals surface area contributed by atoms with Gasteiger partial charge in [-0.1, -0.05) is 48.5 Å². The number of rotatable bonds is 10. The molecule has 37 heavy (non-hydrogen) atoms. The van der Waals surface area contributed by atoms with Gasteiger partial charge in [-0.15, -0.1) is 0 Å². The molecule has 2 heterocycles. The minimum absolute atomic E-state index is 0.00202. The lowest BCUT2D eigenvalue weighted by Crippen LogP contribution is -2.30. The summed E-state index contributed by atoms with van der Waals surface area (Å²) in [6.07, 6.45) is 1.44. The summed E-state index contributed by atoms with van der Waals surface area (Å²) in [7, 11) is -3.87. The van der Waals surface area contributed by atoms with E-state index in [4.69, 9.17) is 4.74 Å². The third kappa shape index (κ3) is 5.64. The van der Waals surface area contributed by atoms with Gasteiger partial charge in [-0.25, -0.2) is 18.1 Å². The first kappa shape index (κ1) is 25.9. The molecule has 4 rings (SSSR count). The number of hydrogen-bond acceptors (Lipinski definition) is 6. The molecule has 192 valence electrons. The Morgan fingerprint density at radius 3 is 2.27 bits per heavy atom. The summed E-state index contributed by atoms with van der Waals surface area (Å²) >= 11 is 0. The first-order valence-electron chi connectivity index (χ1n) is 11.9. The molecule has 0 saturated carbocycles. The molecule has 0 unspecified atom stereocenters. The van der Waals surface area contributed by atoms with Crippen LogP contribution in [0.1, 0.15) is 30.7 Å². The van der Waals surface area contributed by atoms with Gasteiger partial charge in [0.05, 0.1) is 24.4 Å². The van der Waals surface area contributed by atoms with Gasteiger partial charge in [-0.05, 0) is 43.7 Å². The second-order valence-electron chi connectivity index (χ2n) is 8.21. The number of benzene rings is 2. The first-order valence-corrected chi connectivity index (χ1v) is 13.4. The van der Waals surface area contributed by atoms with Gasteiger partial charge in [0.1, 0.15) is 4.90 Å². The van der Waals surface area contributed by atoms with Crippen LogP contribution < -0.4 is 9.86 Å². The molecule has 0 aliphatic heterocycles. The molecular weight excluding hydrogens is 492 g/mol. The van der Waals surface area contributed by atoms with Crippen molar-refractivity contribution in [1.29, 1.82) is 0 Å². The maximum Gasteiger partial charge on any atom is 0.311 e. The average molecular weight is 521 g/mol. The number of carbonyl (C=O) groups excluding carboxylic acids is 1. The van der Waals surface area contributed by atoms with Crippen molar-refractivity contribution in [3.63, 3.8) is 0 Å². The Kier molecular flexibility index (Phi) is 7.88. The van der Waals surface area contributed by atoms with Crippen molar-refractivity contribution in [1.82, 2.24) is 14.8 Å². The predicted octanol–water partition coefficient (Wildman–Crippen LogP) is 3.47. The van der Waals surface area contributed by atoms with Gasteiger partial charge in [0.2, 0.25) is 0 Å². The molecule has 10 heteroatoms. The number of nitrogens with one attached hydrogen (secondary N) is 1. The van der Waals surface area contributed by atoms with Gasteiger partial charge < -0.3 is 4.74 Å². The highest BCUT2D eigenvalue weighted by molar-refractivity contribution is 7.92. The van der Waals surface area contributed by atoms with E-state index < -0.39 is 16.0 Å². The monoisotopic (exact) mass is 520 g/mol. The van der Waals surface area contributed by atoms with E-state index in [0.29, 0.717) is 23.4 Å². The SMILES string of the molecule is CCOC(=O)Cc1[nH]n(-c2ccc(S(=O)(=O)N(CC)c3ccccc3)cn2)c(=O)c1Cc1ccccc1. The maximum atomic E-state index is 13.4. The number of sulfonamides is 1. The molecule has 0 aliphatic carbocycles. The lowest BCUT2D eigenvalue weighted by atomic mass is 10.0. The molecule has 0 radical (unpaired) electrons. The fourth-order valence-electron chi connectivity index (χ4n) is 4.03. The average Bonchev–Trinajstić information content (AvgIpc) is 3.20. The lowest BCUT2D eigenvalue weighted by Gasteiger charge is -2.22. The summed E-state index contributed by atoms with van der Waals surface area (Å²) in [5.41, 5.74) is 1.92. The lowest BCUT2D eigenvalue weighted by molar-refractivity contribution is -0.142. The van der Waals surface area contributed by atoms with E-state index in [1.54, 1.807) is 38.1 Å². The Morgan fingerprint density at radius 1 is 1.00 bits per heavy atom. The summed E-state index contributed by atoms with van der Waals surface area (Å²) < 4.78 is 34.1. The molecule has 0 aliphatic rings. The zero-order valence-corrected chi connectivity index (χ0v) is 21.4. The summed E-state index contributed by atoms with van der Waals surface area (Å²) in [6.45, 7) is 3.94. The summed E-state index contributed by atoms with van der Waals surface area (Å²) in [6, 6.07) is 21.1. The van der Waals surface area contributed by atoms with Crippen LogP contribution in [0, 0.1) is 0 Å². The molecule has 9 nitrogen and oxygen atoms in total. The topological polar surface area (TPSA) is 114 Å². The van der Waals surface area contributed by atoms with Crippen molar-refractivity contribution in [2.75, 3.05) is 17.5 Å². The van der Waals surface area contributed by atoms with Crippen LogP contribution in [0.5, 0.6) is 0 Å². The molecular formula is C27H28N4O5S. The Hall–Kier alpha value is -4.18. The van der Waals surface area contributed by atoms with Gasteiger partial charge in [0.25, 0.3) is 15.6 Å². The normalized spacial score (nSPS) is 11.3. The van der Waals surface area contributed by atoms with Crippen LogP contribution in [0.2, 0.25) is 0 Å². The van der Waals surface area contributed by atoms with E-state index in [9.17, 15) is 18.0 Å². The smallest absolute Gasteiger partial charge is 0.311 e. The van der Waals surface area contributed by atoms with Crippen LogP contribution in [0.15, 0.2) is 88.7 Å². The number of hydrogen-bond donors (Lipinski definition) is 1. The number of anilines is 1. The number of pyridine rings is 1. The Labute approximate surface area is 215 Å².